The molecule has 1 saturated heterocycles. The first-order valence-electron chi connectivity index (χ1n) is 10.0. The van der Waals surface area contributed by atoms with E-state index < -0.39 is 0 Å². The first kappa shape index (κ1) is 19.3. The van der Waals surface area contributed by atoms with E-state index in [-0.39, 0.29) is 37.0 Å². The number of benzene rings is 2. The lowest BCUT2D eigenvalue weighted by Crippen LogP contribution is -2.34. The highest BCUT2D eigenvalue weighted by atomic mass is 16.7. The average molecular weight is 394 g/mol. The number of fused-ring (bicyclic) bond motifs is 1. The van der Waals surface area contributed by atoms with Gasteiger partial charge in [0.05, 0.1) is 12.0 Å². The van der Waals surface area contributed by atoms with Crippen LogP contribution in [0.4, 0.5) is 5.69 Å². The lowest BCUT2D eigenvalue weighted by molar-refractivity contribution is -0.126. The van der Waals surface area contributed by atoms with Crippen LogP contribution in [0.25, 0.3) is 0 Å². The molecule has 0 aromatic heterocycles. The summed E-state index contributed by atoms with van der Waals surface area (Å²) >= 11 is 0. The van der Waals surface area contributed by atoms with Crippen molar-refractivity contribution in [3.05, 3.63) is 53.6 Å². The summed E-state index contributed by atoms with van der Waals surface area (Å²) in [5.41, 5.74) is 3.06. The molecular formula is C23H26N2O4. The second kappa shape index (κ2) is 7.78. The van der Waals surface area contributed by atoms with Gasteiger partial charge in [0.15, 0.2) is 11.5 Å². The van der Waals surface area contributed by atoms with Crippen LogP contribution in [0.15, 0.2) is 42.5 Å². The highest BCUT2D eigenvalue weighted by molar-refractivity contribution is 6.00. The molecule has 2 aliphatic rings. The fraction of sp³-hybridized carbons (Fsp3) is 0.391. The number of rotatable bonds is 5. The Balaban J connectivity index is 1.40. The zero-order valence-electron chi connectivity index (χ0n) is 17.0. The van der Waals surface area contributed by atoms with Crippen molar-refractivity contribution in [1.82, 2.24) is 5.32 Å². The minimum Gasteiger partial charge on any atom is -0.454 e. The highest BCUT2D eigenvalue weighted by Gasteiger charge is 2.36. The van der Waals surface area contributed by atoms with Gasteiger partial charge in [-0.2, -0.15) is 0 Å². The Hall–Kier alpha value is -3.02. The van der Waals surface area contributed by atoms with Crippen LogP contribution in [-0.2, 0) is 9.59 Å². The predicted octanol–water partition coefficient (Wildman–Crippen LogP) is 3.77. The average Bonchev–Trinajstić information content (AvgIpc) is 3.33. The molecule has 2 heterocycles. The van der Waals surface area contributed by atoms with Gasteiger partial charge in [0.2, 0.25) is 18.6 Å². The molecule has 0 radical (unpaired) electrons. The van der Waals surface area contributed by atoms with Crippen LogP contribution in [0, 0.1) is 5.92 Å². The monoisotopic (exact) mass is 394 g/mol. The molecule has 0 saturated carbocycles. The summed E-state index contributed by atoms with van der Waals surface area (Å²) in [6, 6.07) is 13.6. The number of carbonyl (C=O) groups is 2. The first-order valence-corrected chi connectivity index (χ1v) is 10.0. The molecule has 0 unspecified atom stereocenters. The Morgan fingerprint density at radius 3 is 2.45 bits per heavy atom. The molecule has 2 aliphatic heterocycles. The van der Waals surface area contributed by atoms with Crippen LogP contribution in [0.1, 0.15) is 50.3 Å². The topological polar surface area (TPSA) is 67.9 Å². The van der Waals surface area contributed by atoms with Gasteiger partial charge in [-0.15, -0.1) is 0 Å². The molecule has 1 fully saturated rings. The lowest BCUT2D eigenvalue weighted by Gasteiger charge is -2.19. The number of hydrogen-bond acceptors (Lipinski definition) is 4. The third-order valence-corrected chi connectivity index (χ3v) is 5.63. The number of nitrogens with zero attached hydrogens (tertiary/aromatic N) is 1. The van der Waals surface area contributed by atoms with Crippen molar-refractivity contribution in [2.24, 2.45) is 5.92 Å². The Bertz CT molecular complexity index is 923. The van der Waals surface area contributed by atoms with Gasteiger partial charge in [0, 0.05) is 24.7 Å². The van der Waals surface area contributed by atoms with E-state index in [1.165, 1.54) is 5.56 Å². The molecule has 6 heteroatoms. The molecule has 29 heavy (non-hydrogen) atoms. The summed E-state index contributed by atoms with van der Waals surface area (Å²) in [6.07, 6.45) is 0.208. The number of hydrogen-bond donors (Lipinski definition) is 1. The summed E-state index contributed by atoms with van der Waals surface area (Å²) in [7, 11) is 0. The molecular weight excluding hydrogens is 368 g/mol. The maximum absolute atomic E-state index is 12.8. The molecule has 2 atom stereocenters. The smallest absolute Gasteiger partial charge is 0.231 e. The van der Waals surface area contributed by atoms with E-state index in [4.69, 9.17) is 9.47 Å². The van der Waals surface area contributed by atoms with E-state index in [0.717, 1.165) is 11.3 Å². The summed E-state index contributed by atoms with van der Waals surface area (Å²) in [5, 5.41) is 3.06. The van der Waals surface area contributed by atoms with Crippen LogP contribution >= 0.6 is 0 Å². The maximum atomic E-state index is 12.8. The molecule has 0 aliphatic carbocycles. The summed E-state index contributed by atoms with van der Waals surface area (Å²) < 4.78 is 10.7. The summed E-state index contributed by atoms with van der Waals surface area (Å²) in [5.74, 6) is 1.25. The van der Waals surface area contributed by atoms with E-state index in [1.54, 1.807) is 17.0 Å². The highest BCUT2D eigenvalue weighted by Crippen LogP contribution is 2.37. The zero-order chi connectivity index (χ0) is 20.5. The number of anilines is 1. The minimum absolute atomic E-state index is 0.0574. The van der Waals surface area contributed by atoms with Crippen molar-refractivity contribution in [3.63, 3.8) is 0 Å². The van der Waals surface area contributed by atoms with E-state index in [0.29, 0.717) is 24.0 Å². The number of amides is 2. The van der Waals surface area contributed by atoms with Crippen LogP contribution in [0.5, 0.6) is 11.5 Å². The SMILES string of the molecule is CC(C)c1ccc([C@H](C)NC(=O)[C@@H]2CC(=O)N(c3ccc4c(c3)OCO4)C2)cc1. The van der Waals surface area contributed by atoms with E-state index >= 15 is 0 Å². The zero-order valence-corrected chi connectivity index (χ0v) is 17.0. The Morgan fingerprint density at radius 1 is 1.03 bits per heavy atom. The Kier molecular flexibility index (Phi) is 5.18. The van der Waals surface area contributed by atoms with E-state index in [9.17, 15) is 9.59 Å². The molecule has 4 rings (SSSR count). The largest absolute Gasteiger partial charge is 0.454 e. The van der Waals surface area contributed by atoms with E-state index in [1.807, 2.05) is 13.0 Å². The molecule has 2 amide bonds. The quantitative estimate of drug-likeness (QED) is 0.838. The van der Waals surface area contributed by atoms with Crippen molar-refractivity contribution in [2.45, 2.75) is 39.2 Å². The molecule has 0 bridgehead atoms. The van der Waals surface area contributed by atoms with Crippen molar-refractivity contribution >= 4 is 17.5 Å². The first-order chi connectivity index (χ1) is 13.9. The van der Waals surface area contributed by atoms with Crippen molar-refractivity contribution in [2.75, 3.05) is 18.2 Å². The number of carbonyl (C=O) groups excluding carboxylic acids is 2. The minimum atomic E-state index is -0.370. The van der Waals surface area contributed by atoms with Crippen LogP contribution < -0.4 is 19.7 Å². The van der Waals surface area contributed by atoms with Gasteiger partial charge in [-0.05, 0) is 36.1 Å². The van der Waals surface area contributed by atoms with E-state index in [2.05, 4.69) is 43.4 Å². The summed E-state index contributed by atoms with van der Waals surface area (Å²) in [6.45, 7) is 6.83. The van der Waals surface area contributed by atoms with Gasteiger partial charge < -0.3 is 19.7 Å². The normalized spacial score (nSPS) is 19.0. The van der Waals surface area contributed by atoms with Crippen molar-refractivity contribution in [3.8, 4) is 11.5 Å². The number of nitrogens with one attached hydrogen (secondary N) is 1. The summed E-state index contributed by atoms with van der Waals surface area (Å²) in [4.78, 5) is 26.9. The second-order valence-electron chi connectivity index (χ2n) is 7.99. The predicted molar refractivity (Wildman–Crippen MR) is 110 cm³/mol. The van der Waals surface area contributed by atoms with Crippen LogP contribution in [0.3, 0.4) is 0 Å². The molecule has 2 aromatic carbocycles. The molecule has 6 nitrogen and oxygen atoms in total. The Morgan fingerprint density at radius 2 is 1.72 bits per heavy atom. The van der Waals surface area contributed by atoms with Gasteiger partial charge in [-0.1, -0.05) is 38.1 Å². The van der Waals surface area contributed by atoms with Gasteiger partial charge in [-0.25, -0.2) is 0 Å². The van der Waals surface area contributed by atoms with Gasteiger partial charge >= 0.3 is 0 Å². The third kappa shape index (κ3) is 3.92. The fourth-order valence-electron chi connectivity index (χ4n) is 3.77. The van der Waals surface area contributed by atoms with Gasteiger partial charge in [-0.3, -0.25) is 9.59 Å². The maximum Gasteiger partial charge on any atom is 0.231 e. The number of ether oxygens (including phenoxy) is 2. The second-order valence-corrected chi connectivity index (χ2v) is 7.99. The van der Waals surface area contributed by atoms with Gasteiger partial charge in [0.25, 0.3) is 0 Å². The van der Waals surface area contributed by atoms with Crippen LogP contribution in [-0.4, -0.2) is 25.2 Å². The third-order valence-electron chi connectivity index (χ3n) is 5.63. The molecule has 2 aromatic rings. The fourth-order valence-corrected chi connectivity index (χ4v) is 3.77. The molecule has 0 spiro atoms. The standard InChI is InChI=1S/C23H26N2O4/c1-14(2)16-4-6-17(7-5-16)15(3)24-23(27)18-10-22(26)25(12-18)19-8-9-20-21(11-19)29-13-28-20/h4-9,11,14-15,18H,10,12-13H2,1-3H3,(H,24,27)/t15-,18+/m0/s1. The van der Waals surface area contributed by atoms with Crippen molar-refractivity contribution in [1.29, 1.82) is 0 Å². The Labute approximate surface area is 170 Å². The lowest BCUT2D eigenvalue weighted by atomic mass is 9.99. The van der Waals surface area contributed by atoms with Gasteiger partial charge in [0.1, 0.15) is 0 Å². The molecule has 1 N–H and O–H groups in total. The van der Waals surface area contributed by atoms with Crippen LogP contribution in [0.2, 0.25) is 0 Å². The van der Waals surface area contributed by atoms with Crippen molar-refractivity contribution < 1.29 is 19.1 Å². The molecule has 152 valence electrons.